The van der Waals surface area contributed by atoms with Crippen LogP contribution in [0.5, 0.6) is 0 Å². The number of aromatic nitrogens is 4. The Hall–Kier alpha value is -2.11. The molecule has 21 heavy (non-hydrogen) atoms. The molecule has 1 aliphatic rings. The number of benzene rings is 1. The average molecular weight is 286 g/mol. The van der Waals surface area contributed by atoms with E-state index in [0.717, 1.165) is 6.54 Å². The molecule has 1 aromatic heterocycles. The summed E-state index contributed by atoms with van der Waals surface area (Å²) in [6.07, 6.45) is 2.61. The van der Waals surface area contributed by atoms with Crippen LogP contribution in [-0.2, 0) is 6.54 Å². The van der Waals surface area contributed by atoms with Crippen LogP contribution in [0, 0.1) is 0 Å². The molecular formula is C15H22N6. The molecule has 1 fully saturated rings. The lowest BCUT2D eigenvalue weighted by Crippen LogP contribution is -2.17. The molecule has 0 atom stereocenters. The summed E-state index contributed by atoms with van der Waals surface area (Å²) < 4.78 is 1.79. The molecule has 6 nitrogen and oxygen atoms in total. The van der Waals surface area contributed by atoms with Crippen molar-refractivity contribution in [3.05, 3.63) is 29.8 Å². The zero-order valence-electron chi connectivity index (χ0n) is 12.7. The van der Waals surface area contributed by atoms with Gasteiger partial charge < -0.3 is 10.2 Å². The van der Waals surface area contributed by atoms with Gasteiger partial charge in [0.05, 0.1) is 6.04 Å². The molecule has 2 heterocycles. The molecule has 0 aliphatic carbocycles. The van der Waals surface area contributed by atoms with Crippen molar-refractivity contribution < 1.29 is 0 Å². The van der Waals surface area contributed by atoms with Crippen LogP contribution in [-0.4, -0.2) is 33.3 Å². The predicted molar refractivity (Wildman–Crippen MR) is 83.4 cm³/mol. The van der Waals surface area contributed by atoms with Crippen LogP contribution in [0.1, 0.15) is 38.3 Å². The lowest BCUT2D eigenvalue weighted by Gasteiger charge is -2.17. The van der Waals surface area contributed by atoms with Gasteiger partial charge in [-0.2, -0.15) is 0 Å². The minimum Gasteiger partial charge on any atom is -0.372 e. The maximum Gasteiger partial charge on any atom is 0.243 e. The molecule has 112 valence electrons. The van der Waals surface area contributed by atoms with Crippen molar-refractivity contribution in [3.63, 3.8) is 0 Å². The lowest BCUT2D eigenvalue weighted by molar-refractivity contribution is 0.518. The summed E-state index contributed by atoms with van der Waals surface area (Å²) in [5.74, 6) is 0.716. The van der Waals surface area contributed by atoms with Crippen LogP contribution in [0.4, 0.5) is 11.6 Å². The van der Waals surface area contributed by atoms with Gasteiger partial charge in [0.1, 0.15) is 0 Å². The number of tetrazole rings is 1. The summed E-state index contributed by atoms with van der Waals surface area (Å²) in [5, 5.41) is 15.0. The second kappa shape index (κ2) is 6.11. The first-order valence-electron chi connectivity index (χ1n) is 7.59. The van der Waals surface area contributed by atoms with Crippen molar-refractivity contribution in [2.45, 2.75) is 39.3 Å². The molecule has 1 aliphatic heterocycles. The Morgan fingerprint density at radius 3 is 2.52 bits per heavy atom. The van der Waals surface area contributed by atoms with Gasteiger partial charge in [-0.25, -0.2) is 4.68 Å². The predicted octanol–water partition coefficient (Wildman–Crippen LogP) is 2.47. The molecular weight excluding hydrogens is 264 g/mol. The molecule has 0 saturated carbocycles. The van der Waals surface area contributed by atoms with E-state index in [1.165, 1.54) is 37.2 Å². The van der Waals surface area contributed by atoms with E-state index in [-0.39, 0.29) is 6.04 Å². The summed E-state index contributed by atoms with van der Waals surface area (Å²) in [7, 11) is 0. The smallest absolute Gasteiger partial charge is 0.243 e. The molecule has 6 heteroatoms. The van der Waals surface area contributed by atoms with Gasteiger partial charge >= 0.3 is 0 Å². The molecule has 1 N–H and O–H groups in total. The van der Waals surface area contributed by atoms with Crippen LogP contribution in [0.15, 0.2) is 24.3 Å². The van der Waals surface area contributed by atoms with E-state index in [4.69, 9.17) is 0 Å². The highest BCUT2D eigenvalue weighted by molar-refractivity contribution is 5.48. The normalized spacial score (nSPS) is 14.9. The van der Waals surface area contributed by atoms with Gasteiger partial charge in [0, 0.05) is 25.3 Å². The topological polar surface area (TPSA) is 58.9 Å². The standard InChI is InChI=1S/C15H22N6/c1-12(2)21-15(17-18-19-21)16-11-13-5-7-14(8-6-13)20-9-3-4-10-20/h5-8,12H,3-4,9-11H2,1-2H3,(H,16,17,19). The molecule has 1 aromatic carbocycles. The lowest BCUT2D eigenvalue weighted by atomic mass is 10.2. The third-order valence-corrected chi connectivity index (χ3v) is 3.84. The van der Waals surface area contributed by atoms with E-state index in [2.05, 4.69) is 63.9 Å². The maximum absolute atomic E-state index is 4.02. The van der Waals surface area contributed by atoms with E-state index in [0.29, 0.717) is 5.95 Å². The minimum absolute atomic E-state index is 0.250. The van der Waals surface area contributed by atoms with Gasteiger partial charge in [0.2, 0.25) is 5.95 Å². The maximum atomic E-state index is 4.02. The van der Waals surface area contributed by atoms with E-state index in [1.54, 1.807) is 4.68 Å². The Labute approximate surface area is 125 Å². The third kappa shape index (κ3) is 3.15. The Balaban J connectivity index is 1.61. The fourth-order valence-electron chi connectivity index (χ4n) is 2.64. The Morgan fingerprint density at radius 2 is 1.86 bits per heavy atom. The fraction of sp³-hybridized carbons (Fsp3) is 0.533. The molecule has 0 spiro atoms. The SMILES string of the molecule is CC(C)n1nnnc1NCc1ccc(N2CCCC2)cc1. The van der Waals surface area contributed by atoms with Gasteiger partial charge in [0.25, 0.3) is 0 Å². The quantitative estimate of drug-likeness (QED) is 0.915. The number of nitrogens with one attached hydrogen (secondary N) is 1. The highest BCUT2D eigenvalue weighted by Gasteiger charge is 2.12. The molecule has 0 bridgehead atoms. The first kappa shape index (κ1) is 13.9. The zero-order valence-corrected chi connectivity index (χ0v) is 12.7. The average Bonchev–Trinajstić information content (AvgIpc) is 3.17. The number of anilines is 2. The molecule has 1 saturated heterocycles. The molecule has 0 amide bonds. The van der Waals surface area contributed by atoms with Crippen LogP contribution in [0.2, 0.25) is 0 Å². The summed E-state index contributed by atoms with van der Waals surface area (Å²) in [6.45, 7) is 7.22. The number of hydrogen-bond donors (Lipinski definition) is 1. The highest BCUT2D eigenvalue weighted by atomic mass is 15.6. The van der Waals surface area contributed by atoms with Crippen molar-refractivity contribution in [2.24, 2.45) is 0 Å². The van der Waals surface area contributed by atoms with Gasteiger partial charge in [0.15, 0.2) is 0 Å². The first-order chi connectivity index (χ1) is 10.2. The van der Waals surface area contributed by atoms with Crippen molar-refractivity contribution >= 4 is 11.6 Å². The van der Waals surface area contributed by atoms with Gasteiger partial charge in [-0.3, -0.25) is 0 Å². The third-order valence-electron chi connectivity index (χ3n) is 3.84. The summed E-state index contributed by atoms with van der Waals surface area (Å²) in [5.41, 5.74) is 2.56. The van der Waals surface area contributed by atoms with Gasteiger partial charge in [-0.05, 0) is 54.8 Å². The second-order valence-corrected chi connectivity index (χ2v) is 5.75. The zero-order chi connectivity index (χ0) is 14.7. The highest BCUT2D eigenvalue weighted by Crippen LogP contribution is 2.20. The summed E-state index contributed by atoms with van der Waals surface area (Å²) >= 11 is 0. The number of rotatable bonds is 5. The van der Waals surface area contributed by atoms with Crippen LogP contribution in [0.25, 0.3) is 0 Å². The van der Waals surface area contributed by atoms with E-state index >= 15 is 0 Å². The van der Waals surface area contributed by atoms with E-state index in [9.17, 15) is 0 Å². The van der Waals surface area contributed by atoms with Crippen LogP contribution >= 0.6 is 0 Å². The van der Waals surface area contributed by atoms with Crippen molar-refractivity contribution in [2.75, 3.05) is 23.3 Å². The Kier molecular flexibility index (Phi) is 4.03. The first-order valence-corrected chi connectivity index (χ1v) is 7.59. The largest absolute Gasteiger partial charge is 0.372 e. The van der Waals surface area contributed by atoms with Crippen molar-refractivity contribution in [1.82, 2.24) is 20.2 Å². The number of nitrogens with zero attached hydrogens (tertiary/aromatic N) is 5. The van der Waals surface area contributed by atoms with Gasteiger partial charge in [-0.1, -0.05) is 17.2 Å². The summed E-state index contributed by atoms with van der Waals surface area (Å²) in [4.78, 5) is 2.44. The summed E-state index contributed by atoms with van der Waals surface area (Å²) in [6, 6.07) is 9.00. The monoisotopic (exact) mass is 286 g/mol. The molecule has 0 radical (unpaired) electrons. The number of hydrogen-bond acceptors (Lipinski definition) is 5. The second-order valence-electron chi connectivity index (χ2n) is 5.75. The van der Waals surface area contributed by atoms with Crippen molar-refractivity contribution in [3.8, 4) is 0 Å². The van der Waals surface area contributed by atoms with Crippen LogP contribution < -0.4 is 10.2 Å². The van der Waals surface area contributed by atoms with E-state index in [1.807, 2.05) is 0 Å². The molecule has 3 rings (SSSR count). The van der Waals surface area contributed by atoms with Crippen LogP contribution in [0.3, 0.4) is 0 Å². The van der Waals surface area contributed by atoms with Crippen molar-refractivity contribution in [1.29, 1.82) is 0 Å². The molecule has 2 aromatic rings. The Bertz CT molecular complexity index is 568. The Morgan fingerprint density at radius 1 is 1.14 bits per heavy atom. The van der Waals surface area contributed by atoms with Gasteiger partial charge in [-0.15, -0.1) is 0 Å². The minimum atomic E-state index is 0.250. The molecule has 0 unspecified atom stereocenters. The van der Waals surface area contributed by atoms with E-state index < -0.39 is 0 Å². The fourth-order valence-corrected chi connectivity index (χ4v) is 2.64.